The van der Waals surface area contributed by atoms with E-state index in [4.69, 9.17) is 0 Å². The number of benzene rings is 1. The van der Waals surface area contributed by atoms with Crippen LogP contribution in [-0.4, -0.2) is 34.9 Å². The van der Waals surface area contributed by atoms with E-state index in [1.54, 1.807) is 35.6 Å². The summed E-state index contributed by atoms with van der Waals surface area (Å²) < 4.78 is 0. The van der Waals surface area contributed by atoms with Crippen molar-refractivity contribution < 1.29 is 9.72 Å². The fraction of sp³-hybridized carbons (Fsp3) is 0.450. The van der Waals surface area contributed by atoms with Crippen LogP contribution in [0.2, 0.25) is 0 Å². The molecule has 1 aromatic carbocycles. The second-order valence-corrected chi connectivity index (χ2v) is 8.37. The number of carbonyl (C=O) groups is 1. The number of nitro groups is 1. The number of nitrogens with zero attached hydrogens (tertiary/aromatic N) is 2. The topological polar surface area (TPSA) is 75.5 Å². The van der Waals surface area contributed by atoms with Gasteiger partial charge in [0.25, 0.3) is 5.69 Å². The van der Waals surface area contributed by atoms with Gasteiger partial charge in [0, 0.05) is 53.5 Å². The molecule has 1 aromatic heterocycles. The van der Waals surface area contributed by atoms with Crippen LogP contribution in [0.3, 0.4) is 0 Å². The zero-order valence-electron chi connectivity index (χ0n) is 15.7. The van der Waals surface area contributed by atoms with Crippen molar-refractivity contribution in [3.8, 4) is 10.4 Å². The molecule has 144 valence electrons. The molecule has 1 N–H and O–H groups in total. The fourth-order valence-electron chi connectivity index (χ4n) is 3.29. The molecule has 0 unspecified atom stereocenters. The highest BCUT2D eigenvalue weighted by Gasteiger charge is 2.23. The summed E-state index contributed by atoms with van der Waals surface area (Å²) in [5.74, 6) is 0.318. The van der Waals surface area contributed by atoms with E-state index in [0.717, 1.165) is 42.9 Å². The largest absolute Gasteiger partial charge is 0.342 e. The van der Waals surface area contributed by atoms with Gasteiger partial charge in [-0.3, -0.25) is 14.9 Å². The van der Waals surface area contributed by atoms with Crippen LogP contribution in [0.4, 0.5) is 5.69 Å². The highest BCUT2D eigenvalue weighted by molar-refractivity contribution is 7.15. The van der Waals surface area contributed by atoms with E-state index in [9.17, 15) is 14.9 Å². The lowest BCUT2D eigenvalue weighted by atomic mass is 10.0. The van der Waals surface area contributed by atoms with Crippen LogP contribution in [0.25, 0.3) is 10.4 Å². The van der Waals surface area contributed by atoms with Crippen molar-refractivity contribution in [2.24, 2.45) is 5.92 Å². The lowest BCUT2D eigenvalue weighted by Crippen LogP contribution is -2.45. The van der Waals surface area contributed by atoms with Gasteiger partial charge in [0.05, 0.1) is 4.92 Å². The lowest BCUT2D eigenvalue weighted by molar-refractivity contribution is -0.384. The van der Waals surface area contributed by atoms with Crippen LogP contribution in [-0.2, 0) is 11.3 Å². The van der Waals surface area contributed by atoms with Crippen molar-refractivity contribution in [2.45, 2.75) is 39.3 Å². The van der Waals surface area contributed by atoms with Gasteiger partial charge in [-0.15, -0.1) is 11.3 Å². The van der Waals surface area contributed by atoms with Gasteiger partial charge in [0.1, 0.15) is 0 Å². The monoisotopic (exact) mass is 387 g/mol. The predicted octanol–water partition coefficient (Wildman–Crippen LogP) is 4.06. The summed E-state index contributed by atoms with van der Waals surface area (Å²) in [7, 11) is 0. The Hall–Kier alpha value is -2.25. The van der Waals surface area contributed by atoms with Gasteiger partial charge in [-0.1, -0.05) is 13.8 Å². The minimum atomic E-state index is -0.381. The summed E-state index contributed by atoms with van der Waals surface area (Å²) in [5.41, 5.74) is 1.11. The lowest BCUT2D eigenvalue weighted by Gasteiger charge is -2.33. The Morgan fingerprint density at radius 2 is 1.89 bits per heavy atom. The molecule has 0 atom stereocenters. The summed E-state index contributed by atoms with van der Waals surface area (Å²) >= 11 is 1.70. The SMILES string of the molecule is CC(C)C(=O)N1CCC(NCc2ccc(-c3ccc([N+](=O)[O-])cc3)s2)CC1. The van der Waals surface area contributed by atoms with Crippen LogP contribution in [0.1, 0.15) is 31.6 Å². The second-order valence-electron chi connectivity index (χ2n) is 7.21. The average Bonchev–Trinajstić information content (AvgIpc) is 3.15. The number of hydrogen-bond acceptors (Lipinski definition) is 5. The first-order valence-corrected chi connectivity index (χ1v) is 10.1. The van der Waals surface area contributed by atoms with E-state index < -0.39 is 0 Å². The summed E-state index contributed by atoms with van der Waals surface area (Å²) in [5, 5.41) is 14.4. The third kappa shape index (κ3) is 4.93. The number of carbonyl (C=O) groups excluding carboxylic acids is 1. The smallest absolute Gasteiger partial charge is 0.269 e. The Balaban J connectivity index is 1.50. The van der Waals surface area contributed by atoms with Crippen LogP contribution >= 0.6 is 11.3 Å². The van der Waals surface area contributed by atoms with Crippen LogP contribution < -0.4 is 5.32 Å². The number of thiophene rings is 1. The minimum Gasteiger partial charge on any atom is -0.342 e. The molecule has 0 saturated carbocycles. The summed E-state index contributed by atoms with van der Waals surface area (Å²) in [6, 6.07) is 11.3. The molecule has 27 heavy (non-hydrogen) atoms. The molecule has 1 fully saturated rings. The van der Waals surface area contributed by atoms with Crippen LogP contribution in [0.15, 0.2) is 36.4 Å². The molecular weight excluding hydrogens is 362 g/mol. The Labute approximate surface area is 163 Å². The van der Waals surface area contributed by atoms with Gasteiger partial charge < -0.3 is 10.2 Å². The average molecular weight is 388 g/mol. The summed E-state index contributed by atoms with van der Waals surface area (Å²) in [6.07, 6.45) is 1.97. The molecule has 1 amide bonds. The molecule has 0 radical (unpaired) electrons. The van der Waals surface area contributed by atoms with Gasteiger partial charge in [-0.05, 0) is 42.7 Å². The number of piperidine rings is 1. The van der Waals surface area contributed by atoms with Gasteiger partial charge in [0.2, 0.25) is 5.91 Å². The van der Waals surface area contributed by atoms with E-state index in [1.165, 1.54) is 4.88 Å². The van der Waals surface area contributed by atoms with E-state index in [2.05, 4.69) is 17.4 Å². The molecule has 1 aliphatic rings. The molecule has 0 aliphatic carbocycles. The number of likely N-dealkylation sites (tertiary alicyclic amines) is 1. The fourth-order valence-corrected chi connectivity index (χ4v) is 4.25. The molecule has 2 heterocycles. The van der Waals surface area contributed by atoms with Crippen LogP contribution in [0, 0.1) is 16.0 Å². The zero-order chi connectivity index (χ0) is 19.4. The second kappa shape index (κ2) is 8.63. The quantitative estimate of drug-likeness (QED) is 0.599. The first-order chi connectivity index (χ1) is 12.9. The normalized spacial score (nSPS) is 15.3. The number of nitrogens with one attached hydrogen (secondary N) is 1. The highest BCUT2D eigenvalue weighted by Crippen LogP contribution is 2.29. The summed E-state index contributed by atoms with van der Waals surface area (Å²) in [4.78, 5) is 26.7. The first-order valence-electron chi connectivity index (χ1n) is 9.29. The van der Waals surface area contributed by atoms with E-state index in [1.807, 2.05) is 18.7 Å². The third-order valence-corrected chi connectivity index (χ3v) is 6.02. The van der Waals surface area contributed by atoms with Crippen LogP contribution in [0.5, 0.6) is 0 Å². The van der Waals surface area contributed by atoms with Crippen molar-refractivity contribution in [2.75, 3.05) is 13.1 Å². The molecule has 7 heteroatoms. The van der Waals surface area contributed by atoms with Crippen molar-refractivity contribution in [3.05, 3.63) is 51.4 Å². The molecule has 1 saturated heterocycles. The molecule has 0 bridgehead atoms. The zero-order valence-corrected chi connectivity index (χ0v) is 16.5. The standard InChI is InChI=1S/C20H25N3O3S/c1-14(2)20(24)22-11-9-16(10-12-22)21-13-18-7-8-19(27-18)15-3-5-17(6-4-15)23(25)26/h3-8,14,16,21H,9-13H2,1-2H3. The van der Waals surface area contributed by atoms with Gasteiger partial charge in [-0.2, -0.15) is 0 Å². The maximum atomic E-state index is 12.0. The van der Waals surface area contributed by atoms with E-state index in [0.29, 0.717) is 6.04 Å². The van der Waals surface area contributed by atoms with Gasteiger partial charge in [-0.25, -0.2) is 0 Å². The molecule has 6 nitrogen and oxygen atoms in total. The van der Waals surface area contributed by atoms with Crippen molar-refractivity contribution in [1.82, 2.24) is 10.2 Å². The minimum absolute atomic E-state index is 0.0680. The number of non-ortho nitro benzene ring substituents is 1. The maximum Gasteiger partial charge on any atom is 0.269 e. The first kappa shape index (κ1) is 19.5. The highest BCUT2D eigenvalue weighted by atomic mass is 32.1. The Morgan fingerprint density at radius 3 is 2.48 bits per heavy atom. The van der Waals surface area contributed by atoms with Gasteiger partial charge in [0.15, 0.2) is 0 Å². The maximum absolute atomic E-state index is 12.0. The number of nitro benzene ring substituents is 1. The number of amides is 1. The van der Waals surface area contributed by atoms with Crippen molar-refractivity contribution >= 4 is 22.9 Å². The van der Waals surface area contributed by atoms with Crippen molar-refractivity contribution in [3.63, 3.8) is 0 Å². The molecule has 0 spiro atoms. The number of hydrogen-bond donors (Lipinski definition) is 1. The Bertz CT molecular complexity index is 793. The molecule has 3 rings (SSSR count). The predicted molar refractivity (Wildman–Crippen MR) is 108 cm³/mol. The van der Waals surface area contributed by atoms with E-state index >= 15 is 0 Å². The van der Waals surface area contributed by atoms with Gasteiger partial charge >= 0.3 is 0 Å². The van der Waals surface area contributed by atoms with Crippen molar-refractivity contribution in [1.29, 1.82) is 0 Å². The Kier molecular flexibility index (Phi) is 6.23. The summed E-state index contributed by atoms with van der Waals surface area (Å²) in [6.45, 7) is 6.36. The molecule has 2 aromatic rings. The molecular formula is C20H25N3O3S. The van der Waals surface area contributed by atoms with E-state index in [-0.39, 0.29) is 22.4 Å². The molecule has 1 aliphatic heterocycles. The number of rotatable bonds is 6. The third-order valence-electron chi connectivity index (χ3n) is 4.89. The Morgan fingerprint density at radius 1 is 1.22 bits per heavy atom.